The van der Waals surface area contributed by atoms with Crippen LogP contribution in [0.5, 0.6) is 0 Å². The quantitative estimate of drug-likeness (QED) is 0.612. The van der Waals surface area contributed by atoms with E-state index in [4.69, 9.17) is 11.6 Å². The van der Waals surface area contributed by atoms with Crippen molar-refractivity contribution in [2.24, 2.45) is 5.92 Å². The fourth-order valence-electron chi connectivity index (χ4n) is 3.79. The van der Waals surface area contributed by atoms with Crippen LogP contribution >= 0.6 is 11.6 Å². The molecule has 0 saturated carbocycles. The lowest BCUT2D eigenvalue weighted by Gasteiger charge is -2.31. The molecule has 0 aliphatic carbocycles. The molecule has 2 aromatic carbocycles. The molecule has 1 aliphatic heterocycles. The van der Waals surface area contributed by atoms with Crippen molar-refractivity contribution in [2.45, 2.75) is 24.3 Å². The number of pyridine rings is 1. The van der Waals surface area contributed by atoms with E-state index in [1.165, 1.54) is 16.4 Å². The Bertz CT molecular complexity index is 1290. The van der Waals surface area contributed by atoms with Gasteiger partial charge >= 0.3 is 0 Å². The molecule has 1 unspecified atom stereocenters. The summed E-state index contributed by atoms with van der Waals surface area (Å²) in [5.41, 5.74) is 1.14. The molecule has 0 radical (unpaired) electrons. The number of H-pyrrole nitrogens is 1. The third-order valence-corrected chi connectivity index (χ3v) is 7.73. The minimum Gasteiger partial charge on any atom is -0.352 e. The minimum atomic E-state index is -3.76. The number of amides is 1. The minimum absolute atomic E-state index is 0.125. The van der Waals surface area contributed by atoms with Crippen LogP contribution in [0.15, 0.2) is 64.3 Å². The van der Waals surface area contributed by atoms with Gasteiger partial charge in [0, 0.05) is 36.2 Å². The van der Waals surface area contributed by atoms with Crippen molar-refractivity contribution in [3.8, 4) is 0 Å². The Morgan fingerprint density at radius 3 is 2.77 bits per heavy atom. The number of fused-ring (bicyclic) bond motifs is 1. The summed E-state index contributed by atoms with van der Waals surface area (Å²) in [6.45, 7) is 0.783. The van der Waals surface area contributed by atoms with Gasteiger partial charge in [0.2, 0.25) is 21.5 Å². The van der Waals surface area contributed by atoms with Crippen LogP contribution in [0.25, 0.3) is 10.9 Å². The summed E-state index contributed by atoms with van der Waals surface area (Å²) < 4.78 is 27.8. The van der Waals surface area contributed by atoms with Crippen LogP contribution < -0.4 is 10.9 Å². The number of benzene rings is 2. The molecular formula is C22H22ClN3O4S. The number of hydrogen-bond acceptors (Lipinski definition) is 4. The zero-order chi connectivity index (χ0) is 22.0. The van der Waals surface area contributed by atoms with Crippen LogP contribution in [0.3, 0.4) is 0 Å². The number of nitrogens with zero attached hydrogens (tertiary/aromatic N) is 1. The molecule has 31 heavy (non-hydrogen) atoms. The Hall–Kier alpha value is -2.68. The van der Waals surface area contributed by atoms with E-state index in [2.05, 4.69) is 10.3 Å². The van der Waals surface area contributed by atoms with Crippen LogP contribution in [0.4, 0.5) is 0 Å². The van der Waals surface area contributed by atoms with E-state index in [0.717, 1.165) is 5.56 Å². The van der Waals surface area contributed by atoms with Gasteiger partial charge in [0.1, 0.15) is 0 Å². The van der Waals surface area contributed by atoms with Crippen molar-refractivity contribution in [3.63, 3.8) is 0 Å². The van der Waals surface area contributed by atoms with Gasteiger partial charge in [-0.15, -0.1) is 0 Å². The molecule has 1 aliphatic rings. The molecule has 1 atom stereocenters. The van der Waals surface area contributed by atoms with Crippen LogP contribution in [-0.2, 0) is 21.4 Å². The van der Waals surface area contributed by atoms with Gasteiger partial charge in [-0.2, -0.15) is 4.31 Å². The second-order valence-electron chi connectivity index (χ2n) is 7.58. The molecule has 0 spiro atoms. The maximum atomic E-state index is 13.2. The third-order valence-electron chi connectivity index (χ3n) is 5.50. The number of rotatable bonds is 5. The van der Waals surface area contributed by atoms with Gasteiger partial charge in [0.25, 0.3) is 0 Å². The number of sulfonamides is 1. The lowest BCUT2D eigenvalue weighted by molar-refractivity contribution is -0.126. The number of carbonyl (C=O) groups excluding carboxylic acids is 1. The second-order valence-corrected chi connectivity index (χ2v) is 9.93. The monoisotopic (exact) mass is 459 g/mol. The number of aromatic amines is 1. The predicted octanol–water partition coefficient (Wildman–Crippen LogP) is 2.90. The lowest BCUT2D eigenvalue weighted by Crippen LogP contribution is -2.45. The Morgan fingerprint density at radius 1 is 1.16 bits per heavy atom. The fraction of sp³-hybridized carbons (Fsp3) is 0.273. The molecule has 162 valence electrons. The number of nitrogens with one attached hydrogen (secondary N) is 2. The van der Waals surface area contributed by atoms with E-state index in [0.29, 0.717) is 41.9 Å². The highest BCUT2D eigenvalue weighted by molar-refractivity contribution is 7.89. The molecule has 1 aromatic heterocycles. The number of halogens is 1. The average Bonchev–Trinajstić information content (AvgIpc) is 2.78. The standard InChI is InChI=1S/C22H22ClN3O4S/c23-19-6-2-1-4-16(19)13-24-22(28)17-5-3-11-26(14-17)31(29,30)18-8-9-20-15(12-18)7-10-21(27)25-20/h1-2,4,6-10,12,17H,3,5,11,13-14H2,(H,24,28)(H,25,27). The normalized spacial score (nSPS) is 17.5. The van der Waals surface area contributed by atoms with Gasteiger partial charge in [-0.1, -0.05) is 29.8 Å². The van der Waals surface area contributed by atoms with Crippen LogP contribution in [0.1, 0.15) is 18.4 Å². The number of aromatic nitrogens is 1. The van der Waals surface area contributed by atoms with Crippen LogP contribution in [-0.4, -0.2) is 36.7 Å². The zero-order valence-electron chi connectivity index (χ0n) is 16.7. The molecule has 2 heterocycles. The Balaban J connectivity index is 1.48. The summed E-state index contributed by atoms with van der Waals surface area (Å²) in [6, 6.07) is 14.8. The summed E-state index contributed by atoms with van der Waals surface area (Å²) >= 11 is 6.14. The number of hydrogen-bond donors (Lipinski definition) is 2. The van der Waals surface area contributed by atoms with Gasteiger partial charge < -0.3 is 10.3 Å². The first-order chi connectivity index (χ1) is 14.8. The second kappa shape index (κ2) is 8.82. The molecule has 1 saturated heterocycles. The van der Waals surface area contributed by atoms with E-state index in [1.54, 1.807) is 24.3 Å². The molecule has 0 bridgehead atoms. The molecule has 2 N–H and O–H groups in total. The summed E-state index contributed by atoms with van der Waals surface area (Å²) in [5, 5.41) is 4.08. The van der Waals surface area contributed by atoms with Gasteiger partial charge in [0.15, 0.2) is 0 Å². The Labute approximate surface area is 185 Å². The summed E-state index contributed by atoms with van der Waals surface area (Å²) in [6.07, 6.45) is 1.23. The van der Waals surface area contributed by atoms with Gasteiger partial charge in [-0.3, -0.25) is 9.59 Å². The molecule has 9 heteroatoms. The third kappa shape index (κ3) is 4.66. The molecule has 1 fully saturated rings. The molecule has 4 rings (SSSR count). The average molecular weight is 460 g/mol. The summed E-state index contributed by atoms with van der Waals surface area (Å²) in [5.74, 6) is -0.612. The van der Waals surface area contributed by atoms with E-state index < -0.39 is 15.9 Å². The summed E-state index contributed by atoms with van der Waals surface area (Å²) in [4.78, 5) is 27.0. The SMILES string of the molecule is O=C(NCc1ccccc1Cl)C1CCCN(S(=O)(=O)c2ccc3[nH]c(=O)ccc3c2)C1. The fourth-order valence-corrected chi connectivity index (χ4v) is 5.55. The van der Waals surface area contributed by atoms with E-state index >= 15 is 0 Å². The lowest BCUT2D eigenvalue weighted by atomic mass is 9.99. The van der Waals surface area contributed by atoms with Crippen molar-refractivity contribution < 1.29 is 13.2 Å². The maximum absolute atomic E-state index is 13.2. The van der Waals surface area contributed by atoms with Crippen molar-refractivity contribution in [1.29, 1.82) is 0 Å². The Kier molecular flexibility index (Phi) is 6.13. The van der Waals surface area contributed by atoms with Gasteiger partial charge in [-0.25, -0.2) is 8.42 Å². The number of carbonyl (C=O) groups is 1. The van der Waals surface area contributed by atoms with Gasteiger partial charge in [-0.05, 0) is 54.1 Å². The number of piperidine rings is 1. The van der Waals surface area contributed by atoms with Crippen LogP contribution in [0, 0.1) is 5.92 Å². The highest BCUT2D eigenvalue weighted by Crippen LogP contribution is 2.26. The highest BCUT2D eigenvalue weighted by Gasteiger charge is 2.33. The first-order valence-corrected chi connectivity index (χ1v) is 11.8. The topological polar surface area (TPSA) is 99.3 Å². The van der Waals surface area contributed by atoms with Crippen molar-refractivity contribution in [2.75, 3.05) is 13.1 Å². The van der Waals surface area contributed by atoms with Crippen molar-refractivity contribution >= 4 is 38.4 Å². The smallest absolute Gasteiger partial charge is 0.248 e. The highest BCUT2D eigenvalue weighted by atomic mass is 35.5. The Morgan fingerprint density at radius 2 is 1.97 bits per heavy atom. The molecule has 7 nitrogen and oxygen atoms in total. The first-order valence-electron chi connectivity index (χ1n) is 9.99. The molecule has 1 amide bonds. The predicted molar refractivity (Wildman–Crippen MR) is 119 cm³/mol. The largest absolute Gasteiger partial charge is 0.352 e. The summed E-state index contributed by atoms with van der Waals surface area (Å²) in [7, 11) is -3.76. The van der Waals surface area contributed by atoms with Crippen molar-refractivity contribution in [1.82, 2.24) is 14.6 Å². The van der Waals surface area contributed by atoms with Crippen molar-refractivity contribution in [3.05, 3.63) is 75.5 Å². The molecular weight excluding hydrogens is 438 g/mol. The van der Waals surface area contributed by atoms with E-state index in [1.807, 2.05) is 18.2 Å². The zero-order valence-corrected chi connectivity index (χ0v) is 18.2. The van der Waals surface area contributed by atoms with Gasteiger partial charge in [0.05, 0.1) is 10.8 Å². The van der Waals surface area contributed by atoms with Crippen LogP contribution in [0.2, 0.25) is 5.02 Å². The van der Waals surface area contributed by atoms with E-state index in [9.17, 15) is 18.0 Å². The molecule has 3 aromatic rings. The maximum Gasteiger partial charge on any atom is 0.248 e. The van der Waals surface area contributed by atoms with E-state index in [-0.39, 0.29) is 22.9 Å². The first kappa shape index (κ1) is 21.5.